The van der Waals surface area contributed by atoms with E-state index < -0.39 is 21.7 Å². The van der Waals surface area contributed by atoms with Crippen LogP contribution in [0.2, 0.25) is 0 Å². The normalized spacial score (nSPS) is 13.9. The summed E-state index contributed by atoms with van der Waals surface area (Å²) in [5.41, 5.74) is 4.02. The molecule has 1 aliphatic carbocycles. The minimum atomic E-state index is -4.00. The quantitative estimate of drug-likeness (QED) is 0.649. The van der Waals surface area contributed by atoms with Gasteiger partial charge in [0.05, 0.1) is 15.3 Å². The van der Waals surface area contributed by atoms with Gasteiger partial charge < -0.3 is 4.42 Å². The first kappa shape index (κ1) is 17.0. The van der Waals surface area contributed by atoms with Crippen LogP contribution >= 0.6 is 11.3 Å². The largest absolute Gasteiger partial charge is 0.419 e. The summed E-state index contributed by atoms with van der Waals surface area (Å²) in [7, 11) is -2.47. The maximum absolute atomic E-state index is 12.4. The molecule has 0 fully saturated rings. The number of nitrogens with one attached hydrogen (secondary N) is 2. The van der Waals surface area contributed by atoms with Crippen LogP contribution < -0.4 is 16.0 Å². The highest BCUT2D eigenvalue weighted by Crippen LogP contribution is 2.30. The SMILES string of the molecule is Cn1c(=O)oc2cc(S(=O)(=O)NNC(=O)c3cc4c(s3)CCC4)ccc21. The second-order valence-electron chi connectivity index (χ2n) is 6.03. The molecule has 3 aromatic rings. The summed E-state index contributed by atoms with van der Waals surface area (Å²) in [5, 5.41) is 0. The lowest BCUT2D eigenvalue weighted by molar-refractivity contribution is 0.0949. The molecule has 136 valence electrons. The Labute approximate surface area is 152 Å². The standard InChI is InChI=1S/C16H15N3O5S2/c1-19-11-6-5-10(8-12(11)24-16(19)21)26(22,23)18-17-15(20)14-7-9-3-2-4-13(9)25-14/h5-8,18H,2-4H2,1H3,(H,17,20). The Hall–Kier alpha value is -2.43. The van der Waals surface area contributed by atoms with Gasteiger partial charge in [0, 0.05) is 18.0 Å². The zero-order chi connectivity index (χ0) is 18.5. The molecule has 0 spiro atoms. The lowest BCUT2D eigenvalue weighted by Gasteiger charge is -2.07. The highest BCUT2D eigenvalue weighted by Gasteiger charge is 2.21. The van der Waals surface area contributed by atoms with Gasteiger partial charge >= 0.3 is 5.76 Å². The second-order valence-corrected chi connectivity index (χ2v) is 8.85. The lowest BCUT2D eigenvalue weighted by atomic mass is 10.2. The van der Waals surface area contributed by atoms with E-state index in [9.17, 15) is 18.0 Å². The van der Waals surface area contributed by atoms with Crippen LogP contribution in [-0.4, -0.2) is 18.9 Å². The van der Waals surface area contributed by atoms with Crippen molar-refractivity contribution in [2.75, 3.05) is 0 Å². The Morgan fingerprint density at radius 1 is 1.27 bits per heavy atom. The van der Waals surface area contributed by atoms with Gasteiger partial charge in [0.2, 0.25) is 0 Å². The Morgan fingerprint density at radius 3 is 2.85 bits per heavy atom. The van der Waals surface area contributed by atoms with Crippen LogP contribution in [-0.2, 0) is 29.9 Å². The molecule has 0 unspecified atom stereocenters. The average molecular weight is 393 g/mol. The fourth-order valence-corrected chi connectivity index (χ4v) is 4.96. The summed E-state index contributed by atoms with van der Waals surface area (Å²) in [6.45, 7) is 0. The van der Waals surface area contributed by atoms with Crippen molar-refractivity contribution in [3.05, 3.63) is 50.1 Å². The van der Waals surface area contributed by atoms with Gasteiger partial charge in [-0.3, -0.25) is 14.8 Å². The summed E-state index contributed by atoms with van der Waals surface area (Å²) in [6, 6.07) is 5.86. The van der Waals surface area contributed by atoms with Gasteiger partial charge in [0.15, 0.2) is 5.58 Å². The smallest absolute Gasteiger partial charge is 0.408 e. The van der Waals surface area contributed by atoms with E-state index in [-0.39, 0.29) is 10.5 Å². The molecule has 10 heteroatoms. The van der Waals surface area contributed by atoms with Gasteiger partial charge in [-0.05, 0) is 43.0 Å². The van der Waals surface area contributed by atoms with E-state index in [1.807, 2.05) is 0 Å². The number of carbonyl (C=O) groups is 1. The van der Waals surface area contributed by atoms with Crippen LogP contribution in [0, 0.1) is 0 Å². The van der Waals surface area contributed by atoms with E-state index in [4.69, 9.17) is 4.42 Å². The molecule has 2 aromatic heterocycles. The average Bonchev–Trinajstić information content (AvgIpc) is 3.27. The number of fused-ring (bicyclic) bond motifs is 2. The third-order valence-electron chi connectivity index (χ3n) is 4.34. The molecule has 0 saturated heterocycles. The maximum atomic E-state index is 12.4. The number of carbonyl (C=O) groups excluding carboxylic acids is 1. The number of amides is 1. The Kier molecular flexibility index (Phi) is 3.98. The van der Waals surface area contributed by atoms with Gasteiger partial charge in [-0.1, -0.05) is 0 Å². The van der Waals surface area contributed by atoms with E-state index >= 15 is 0 Å². The van der Waals surface area contributed by atoms with E-state index in [1.54, 1.807) is 6.07 Å². The number of benzene rings is 1. The summed E-state index contributed by atoms with van der Waals surface area (Å²) in [4.78, 5) is 27.3. The molecule has 0 radical (unpaired) electrons. The highest BCUT2D eigenvalue weighted by atomic mass is 32.2. The zero-order valence-corrected chi connectivity index (χ0v) is 15.4. The predicted octanol–water partition coefficient (Wildman–Crippen LogP) is 1.30. The van der Waals surface area contributed by atoms with Gasteiger partial charge in [0.1, 0.15) is 0 Å². The number of oxazole rings is 1. The molecular formula is C16H15N3O5S2. The zero-order valence-electron chi connectivity index (χ0n) is 13.7. The van der Waals surface area contributed by atoms with Crippen LogP contribution in [0.1, 0.15) is 26.5 Å². The molecule has 4 rings (SSSR count). The Morgan fingerprint density at radius 2 is 2.08 bits per heavy atom. The minimum absolute atomic E-state index is 0.117. The molecule has 2 N–H and O–H groups in total. The van der Waals surface area contributed by atoms with Crippen molar-refractivity contribution >= 4 is 38.4 Å². The second kappa shape index (κ2) is 6.08. The number of hydrogen-bond acceptors (Lipinski definition) is 6. The summed E-state index contributed by atoms with van der Waals surface area (Å²) in [5.74, 6) is -1.08. The first-order chi connectivity index (χ1) is 12.3. The summed E-state index contributed by atoms with van der Waals surface area (Å²) < 4.78 is 31.1. The number of aromatic nitrogens is 1. The molecular weight excluding hydrogens is 378 g/mol. The van der Waals surface area contributed by atoms with Gasteiger partial charge in [-0.2, -0.15) is 0 Å². The highest BCUT2D eigenvalue weighted by molar-refractivity contribution is 7.89. The monoisotopic (exact) mass is 393 g/mol. The molecule has 1 aliphatic rings. The third kappa shape index (κ3) is 2.85. The van der Waals surface area contributed by atoms with E-state index in [2.05, 4.69) is 10.3 Å². The first-order valence-electron chi connectivity index (χ1n) is 7.88. The van der Waals surface area contributed by atoms with Crippen LogP contribution in [0.4, 0.5) is 0 Å². The van der Waals surface area contributed by atoms with Crippen molar-refractivity contribution in [3.8, 4) is 0 Å². The molecule has 0 saturated carbocycles. The Bertz CT molecular complexity index is 1160. The maximum Gasteiger partial charge on any atom is 0.419 e. The van der Waals surface area contributed by atoms with Crippen molar-refractivity contribution in [2.45, 2.75) is 24.2 Å². The fraction of sp³-hybridized carbons (Fsp3) is 0.250. The van der Waals surface area contributed by atoms with Crippen molar-refractivity contribution in [1.29, 1.82) is 0 Å². The molecule has 0 atom stereocenters. The van der Waals surface area contributed by atoms with Gasteiger partial charge in [0.25, 0.3) is 15.9 Å². The van der Waals surface area contributed by atoms with Crippen LogP contribution in [0.3, 0.4) is 0 Å². The first-order valence-corrected chi connectivity index (χ1v) is 10.2. The molecule has 0 aliphatic heterocycles. The van der Waals surface area contributed by atoms with Gasteiger partial charge in [-0.15, -0.1) is 16.2 Å². The molecule has 1 amide bonds. The molecule has 0 bridgehead atoms. The molecule has 26 heavy (non-hydrogen) atoms. The lowest BCUT2D eigenvalue weighted by Crippen LogP contribution is -2.41. The summed E-state index contributed by atoms with van der Waals surface area (Å²) >= 11 is 1.38. The number of hydrazine groups is 1. The molecule has 2 heterocycles. The van der Waals surface area contributed by atoms with Crippen LogP contribution in [0.25, 0.3) is 11.1 Å². The Balaban J connectivity index is 1.53. The number of nitrogens with zero attached hydrogens (tertiary/aromatic N) is 1. The third-order valence-corrected chi connectivity index (χ3v) is 6.82. The molecule has 8 nitrogen and oxygen atoms in total. The number of thiophene rings is 1. The minimum Gasteiger partial charge on any atom is -0.408 e. The van der Waals surface area contributed by atoms with Crippen molar-refractivity contribution in [3.63, 3.8) is 0 Å². The topological polar surface area (TPSA) is 110 Å². The molecule has 1 aromatic carbocycles. The predicted molar refractivity (Wildman–Crippen MR) is 95.6 cm³/mol. The number of rotatable bonds is 4. The number of hydrogen-bond donors (Lipinski definition) is 2. The van der Waals surface area contributed by atoms with Crippen LogP contribution in [0.15, 0.2) is 38.4 Å². The van der Waals surface area contributed by atoms with Crippen molar-refractivity contribution < 1.29 is 17.6 Å². The number of sulfonamides is 1. The van der Waals surface area contributed by atoms with Crippen molar-refractivity contribution in [2.24, 2.45) is 7.05 Å². The van der Waals surface area contributed by atoms with E-state index in [0.717, 1.165) is 24.8 Å². The van der Waals surface area contributed by atoms with Crippen LogP contribution in [0.5, 0.6) is 0 Å². The number of aryl methyl sites for hydroxylation is 3. The fourth-order valence-electron chi connectivity index (χ4n) is 2.96. The van der Waals surface area contributed by atoms with E-state index in [1.165, 1.54) is 46.0 Å². The van der Waals surface area contributed by atoms with Gasteiger partial charge in [-0.25, -0.2) is 13.2 Å². The summed E-state index contributed by atoms with van der Waals surface area (Å²) in [6.07, 6.45) is 3.00. The van der Waals surface area contributed by atoms with Crippen molar-refractivity contribution in [1.82, 2.24) is 14.8 Å². The van der Waals surface area contributed by atoms with E-state index in [0.29, 0.717) is 10.4 Å².